The van der Waals surface area contributed by atoms with Gasteiger partial charge in [0.15, 0.2) is 0 Å². The molecule has 0 aliphatic carbocycles. The maximum Gasteiger partial charge on any atom is 0.0704 e. The molecule has 0 aromatic heterocycles. The van der Waals surface area contributed by atoms with Crippen molar-refractivity contribution >= 4 is 15.9 Å². The quantitative estimate of drug-likeness (QED) is 0.916. The number of ether oxygens (including phenoxy) is 1. The number of nitrogens with one attached hydrogen (secondary N) is 1. The molecule has 1 fully saturated rings. The molecule has 1 aromatic carbocycles. The fraction of sp³-hybridized carbons (Fsp3) is 0.571. The molecule has 1 aliphatic rings. The van der Waals surface area contributed by atoms with Crippen LogP contribution in [-0.2, 0) is 4.74 Å². The molecule has 1 aromatic rings. The van der Waals surface area contributed by atoms with Gasteiger partial charge in [0, 0.05) is 17.1 Å². The van der Waals surface area contributed by atoms with Crippen molar-refractivity contribution in [1.82, 2.24) is 5.32 Å². The Morgan fingerprint density at radius 3 is 2.82 bits per heavy atom. The summed E-state index contributed by atoms with van der Waals surface area (Å²) in [6.45, 7) is 5.28. The van der Waals surface area contributed by atoms with Crippen molar-refractivity contribution in [2.24, 2.45) is 0 Å². The van der Waals surface area contributed by atoms with Gasteiger partial charge >= 0.3 is 0 Å². The third-order valence-corrected chi connectivity index (χ3v) is 4.07. The molecule has 3 atom stereocenters. The molecule has 3 heteroatoms. The highest BCUT2D eigenvalue weighted by Crippen LogP contribution is 2.24. The average Bonchev–Trinajstić information content (AvgIpc) is 2.73. The zero-order valence-electron chi connectivity index (χ0n) is 10.4. The van der Waals surface area contributed by atoms with Crippen LogP contribution < -0.4 is 5.32 Å². The minimum absolute atomic E-state index is 0.352. The van der Waals surface area contributed by atoms with Crippen molar-refractivity contribution in [3.63, 3.8) is 0 Å². The molecular weight excluding hydrogens is 278 g/mol. The van der Waals surface area contributed by atoms with Gasteiger partial charge in [0.05, 0.1) is 12.2 Å². The maximum absolute atomic E-state index is 5.80. The Bertz CT molecular complexity index is 369. The minimum Gasteiger partial charge on any atom is -0.374 e. The van der Waals surface area contributed by atoms with E-state index in [9.17, 15) is 0 Å². The summed E-state index contributed by atoms with van der Waals surface area (Å²) in [5.74, 6) is 0. The lowest BCUT2D eigenvalue weighted by Gasteiger charge is -2.18. The summed E-state index contributed by atoms with van der Waals surface area (Å²) in [5, 5.41) is 3.55. The van der Waals surface area contributed by atoms with Gasteiger partial charge in [-0.15, -0.1) is 0 Å². The Balaban J connectivity index is 1.85. The smallest absolute Gasteiger partial charge is 0.0704 e. The highest BCUT2D eigenvalue weighted by atomic mass is 79.9. The van der Waals surface area contributed by atoms with Gasteiger partial charge in [-0.2, -0.15) is 0 Å². The Kier molecular flexibility index (Phi) is 4.60. The lowest BCUT2D eigenvalue weighted by Crippen LogP contribution is -2.29. The number of hydrogen-bond donors (Lipinski definition) is 1. The van der Waals surface area contributed by atoms with Crippen molar-refractivity contribution < 1.29 is 4.74 Å². The highest BCUT2D eigenvalue weighted by Gasteiger charge is 2.22. The van der Waals surface area contributed by atoms with Crippen LogP contribution in [-0.4, -0.2) is 18.8 Å². The molecule has 0 saturated carbocycles. The first kappa shape index (κ1) is 13.1. The van der Waals surface area contributed by atoms with E-state index in [2.05, 4.69) is 53.3 Å². The van der Waals surface area contributed by atoms with Gasteiger partial charge in [-0.05, 0) is 38.3 Å². The normalized spacial score (nSPS) is 26.1. The fourth-order valence-corrected chi connectivity index (χ4v) is 2.91. The minimum atomic E-state index is 0.352. The first-order valence-corrected chi connectivity index (χ1v) is 7.09. The summed E-state index contributed by atoms with van der Waals surface area (Å²) in [6.07, 6.45) is 3.18. The first-order valence-electron chi connectivity index (χ1n) is 6.30. The summed E-state index contributed by atoms with van der Waals surface area (Å²) in [7, 11) is 0. The molecule has 1 N–H and O–H groups in total. The van der Waals surface area contributed by atoms with E-state index in [4.69, 9.17) is 4.74 Å². The predicted molar refractivity (Wildman–Crippen MR) is 74.1 cm³/mol. The lowest BCUT2D eigenvalue weighted by atomic mass is 10.1. The van der Waals surface area contributed by atoms with Crippen molar-refractivity contribution in [2.75, 3.05) is 6.54 Å². The van der Waals surface area contributed by atoms with Gasteiger partial charge in [-0.3, -0.25) is 0 Å². The van der Waals surface area contributed by atoms with Crippen LogP contribution in [0.1, 0.15) is 38.3 Å². The van der Waals surface area contributed by atoms with Gasteiger partial charge in [0.1, 0.15) is 0 Å². The molecule has 1 aliphatic heterocycles. The number of hydrogen-bond acceptors (Lipinski definition) is 2. The second kappa shape index (κ2) is 5.98. The van der Waals surface area contributed by atoms with Gasteiger partial charge in [0.25, 0.3) is 0 Å². The van der Waals surface area contributed by atoms with Crippen LogP contribution in [0.15, 0.2) is 28.7 Å². The van der Waals surface area contributed by atoms with Crippen LogP contribution in [0.2, 0.25) is 0 Å². The molecular formula is C14H20BrNO. The Hall–Kier alpha value is -0.380. The van der Waals surface area contributed by atoms with Gasteiger partial charge in [-0.1, -0.05) is 34.1 Å². The van der Waals surface area contributed by atoms with Crippen molar-refractivity contribution in [3.8, 4) is 0 Å². The van der Waals surface area contributed by atoms with Crippen molar-refractivity contribution in [1.29, 1.82) is 0 Å². The summed E-state index contributed by atoms with van der Waals surface area (Å²) >= 11 is 3.59. The fourth-order valence-electron chi connectivity index (χ4n) is 2.28. The average molecular weight is 298 g/mol. The van der Waals surface area contributed by atoms with E-state index in [0.29, 0.717) is 18.2 Å². The van der Waals surface area contributed by atoms with Gasteiger partial charge in [0.2, 0.25) is 0 Å². The summed E-state index contributed by atoms with van der Waals surface area (Å²) in [4.78, 5) is 0. The molecule has 0 amide bonds. The second-order valence-corrected chi connectivity index (χ2v) is 5.65. The van der Waals surface area contributed by atoms with Gasteiger partial charge in [-0.25, -0.2) is 0 Å². The second-order valence-electron chi connectivity index (χ2n) is 4.80. The Labute approximate surface area is 112 Å². The van der Waals surface area contributed by atoms with Crippen LogP contribution in [0.25, 0.3) is 0 Å². The lowest BCUT2D eigenvalue weighted by molar-refractivity contribution is 0.0546. The zero-order valence-corrected chi connectivity index (χ0v) is 12.0. The largest absolute Gasteiger partial charge is 0.374 e. The van der Waals surface area contributed by atoms with E-state index in [1.807, 2.05) is 6.07 Å². The molecule has 2 nitrogen and oxygen atoms in total. The predicted octanol–water partition coefficient (Wildman–Crippen LogP) is 3.67. The number of benzene rings is 1. The molecule has 1 heterocycles. The van der Waals surface area contributed by atoms with E-state index < -0.39 is 0 Å². The Morgan fingerprint density at radius 1 is 1.41 bits per heavy atom. The van der Waals surface area contributed by atoms with Crippen LogP contribution in [0.3, 0.4) is 0 Å². The zero-order chi connectivity index (χ0) is 12.3. The summed E-state index contributed by atoms with van der Waals surface area (Å²) < 4.78 is 6.97. The van der Waals surface area contributed by atoms with Gasteiger partial charge < -0.3 is 10.1 Å². The van der Waals surface area contributed by atoms with Crippen molar-refractivity contribution in [2.45, 2.75) is 44.9 Å². The maximum atomic E-state index is 5.80. The van der Waals surface area contributed by atoms with Crippen LogP contribution in [0, 0.1) is 0 Å². The monoisotopic (exact) mass is 297 g/mol. The van der Waals surface area contributed by atoms with E-state index in [1.165, 1.54) is 22.9 Å². The highest BCUT2D eigenvalue weighted by molar-refractivity contribution is 9.10. The number of rotatable bonds is 4. The Morgan fingerprint density at radius 2 is 2.18 bits per heavy atom. The standard InChI is InChI=1S/C14H20BrNO/c1-10-7-8-12(17-10)9-16-11(2)13-5-3-4-6-14(13)15/h3-6,10-12,16H,7-9H2,1-2H3/t10?,11-,12?/m0/s1. The molecule has 0 bridgehead atoms. The van der Waals surface area contributed by atoms with Crippen LogP contribution in [0.5, 0.6) is 0 Å². The molecule has 0 radical (unpaired) electrons. The molecule has 2 unspecified atom stereocenters. The van der Waals surface area contributed by atoms with Crippen LogP contribution >= 0.6 is 15.9 Å². The summed E-state index contributed by atoms with van der Waals surface area (Å²) in [5.41, 5.74) is 1.30. The molecule has 94 valence electrons. The molecule has 1 saturated heterocycles. The third kappa shape index (κ3) is 3.54. The van der Waals surface area contributed by atoms with E-state index >= 15 is 0 Å². The first-order chi connectivity index (χ1) is 8.16. The molecule has 0 spiro atoms. The topological polar surface area (TPSA) is 21.3 Å². The van der Waals surface area contributed by atoms with Crippen LogP contribution in [0.4, 0.5) is 0 Å². The SMILES string of the molecule is CC1CCC(CN[C@@H](C)c2ccccc2Br)O1. The molecule has 17 heavy (non-hydrogen) atoms. The van der Waals surface area contributed by atoms with E-state index in [0.717, 1.165) is 6.54 Å². The molecule has 2 rings (SSSR count). The van der Waals surface area contributed by atoms with E-state index in [1.54, 1.807) is 0 Å². The third-order valence-electron chi connectivity index (χ3n) is 3.34. The van der Waals surface area contributed by atoms with E-state index in [-0.39, 0.29) is 0 Å². The van der Waals surface area contributed by atoms with Crippen molar-refractivity contribution in [3.05, 3.63) is 34.3 Å². The summed E-state index contributed by atoms with van der Waals surface area (Å²) in [6, 6.07) is 8.71. The number of halogens is 1.